The molecule has 2 atom stereocenters. The minimum atomic E-state index is -0.278. The number of hydrogen-bond acceptors (Lipinski definition) is 3. The van der Waals surface area contributed by atoms with Crippen molar-refractivity contribution in [2.45, 2.75) is 31.4 Å². The summed E-state index contributed by atoms with van der Waals surface area (Å²) in [6, 6.07) is 9.93. The van der Waals surface area contributed by atoms with E-state index in [1.165, 1.54) is 12.1 Å². The number of thiophene rings is 1. The average Bonchev–Trinajstić information content (AvgIpc) is 3.19. The van der Waals surface area contributed by atoms with E-state index in [0.29, 0.717) is 13.0 Å². The molecule has 116 valence electrons. The predicted octanol–water partition coefficient (Wildman–Crippen LogP) is 3.47. The molecular formula is C17H18FNO2S. The molecule has 2 aromatic rings. The lowest BCUT2D eigenvalue weighted by Crippen LogP contribution is -2.36. The van der Waals surface area contributed by atoms with Crippen molar-refractivity contribution >= 4 is 17.2 Å². The van der Waals surface area contributed by atoms with E-state index in [1.807, 2.05) is 17.5 Å². The summed E-state index contributed by atoms with van der Waals surface area (Å²) in [5.74, 6) is -0.313. The van der Waals surface area contributed by atoms with Crippen molar-refractivity contribution < 1.29 is 13.9 Å². The van der Waals surface area contributed by atoms with Gasteiger partial charge >= 0.3 is 0 Å². The first-order chi connectivity index (χ1) is 10.7. The fourth-order valence-electron chi connectivity index (χ4n) is 2.72. The van der Waals surface area contributed by atoms with Crippen LogP contribution in [-0.2, 0) is 16.0 Å². The zero-order valence-corrected chi connectivity index (χ0v) is 12.9. The highest BCUT2D eigenvalue weighted by atomic mass is 32.1. The van der Waals surface area contributed by atoms with Gasteiger partial charge in [0.1, 0.15) is 5.82 Å². The van der Waals surface area contributed by atoms with Crippen molar-refractivity contribution in [1.82, 2.24) is 5.32 Å². The smallest absolute Gasteiger partial charge is 0.225 e. The van der Waals surface area contributed by atoms with Gasteiger partial charge in [-0.3, -0.25) is 4.79 Å². The second-order valence-corrected chi connectivity index (χ2v) is 6.44. The highest BCUT2D eigenvalue weighted by Crippen LogP contribution is 2.27. The van der Waals surface area contributed by atoms with E-state index in [1.54, 1.807) is 23.5 Å². The Bertz CT molecular complexity index is 606. The normalized spacial score (nSPS) is 19.0. The molecule has 1 fully saturated rings. The Morgan fingerprint density at radius 2 is 2.18 bits per heavy atom. The minimum Gasteiger partial charge on any atom is -0.376 e. The van der Waals surface area contributed by atoms with E-state index in [9.17, 15) is 9.18 Å². The van der Waals surface area contributed by atoms with Crippen LogP contribution in [-0.4, -0.2) is 18.6 Å². The summed E-state index contributed by atoms with van der Waals surface area (Å²) in [4.78, 5) is 13.3. The molecular weight excluding hydrogens is 301 g/mol. The van der Waals surface area contributed by atoms with E-state index in [4.69, 9.17) is 4.74 Å². The number of rotatable bonds is 5. The summed E-state index contributed by atoms with van der Waals surface area (Å²) in [6.45, 7) is 0.711. The van der Waals surface area contributed by atoms with Crippen LogP contribution in [0.15, 0.2) is 41.8 Å². The number of hydrogen-bond donors (Lipinski definition) is 1. The Morgan fingerprint density at radius 1 is 1.36 bits per heavy atom. The molecule has 1 saturated heterocycles. The first kappa shape index (κ1) is 15.2. The number of amides is 1. The van der Waals surface area contributed by atoms with E-state index >= 15 is 0 Å². The maximum absolute atomic E-state index is 13.1. The molecule has 1 amide bonds. The number of ether oxygens (including phenoxy) is 1. The highest BCUT2D eigenvalue weighted by Gasteiger charge is 2.28. The van der Waals surface area contributed by atoms with E-state index in [2.05, 4.69) is 5.32 Å². The van der Waals surface area contributed by atoms with Crippen LogP contribution in [0.3, 0.4) is 0 Å². The first-order valence-electron chi connectivity index (χ1n) is 7.41. The largest absolute Gasteiger partial charge is 0.376 e. The molecule has 5 heteroatoms. The molecule has 0 bridgehead atoms. The molecule has 1 aromatic carbocycles. The lowest BCUT2D eigenvalue weighted by atomic mass is 9.99. The van der Waals surface area contributed by atoms with Gasteiger partial charge in [0.25, 0.3) is 0 Å². The Hall–Kier alpha value is -1.72. The molecule has 1 aliphatic rings. The van der Waals surface area contributed by atoms with Gasteiger partial charge < -0.3 is 10.1 Å². The zero-order valence-electron chi connectivity index (χ0n) is 12.1. The SMILES string of the molecule is O=C(Cc1cccs1)N[C@@H](c1ccc(F)cc1)[C@@H]1CCCO1. The van der Waals surface area contributed by atoms with Gasteiger partial charge in [-0.1, -0.05) is 18.2 Å². The minimum absolute atomic E-state index is 0.0349. The molecule has 0 aliphatic carbocycles. The zero-order chi connectivity index (χ0) is 15.4. The third kappa shape index (κ3) is 3.72. The summed E-state index contributed by atoms with van der Waals surface area (Å²) in [6.07, 6.45) is 2.21. The summed E-state index contributed by atoms with van der Waals surface area (Å²) in [7, 11) is 0. The van der Waals surface area contributed by atoms with Crippen LogP contribution >= 0.6 is 11.3 Å². The quantitative estimate of drug-likeness (QED) is 0.916. The van der Waals surface area contributed by atoms with Crippen molar-refractivity contribution in [2.24, 2.45) is 0 Å². The Labute approximate surface area is 133 Å². The second-order valence-electron chi connectivity index (χ2n) is 5.40. The van der Waals surface area contributed by atoms with Crippen LogP contribution in [0.2, 0.25) is 0 Å². The summed E-state index contributed by atoms with van der Waals surface area (Å²) >= 11 is 1.57. The number of benzene rings is 1. The molecule has 22 heavy (non-hydrogen) atoms. The van der Waals surface area contributed by atoms with Gasteiger partial charge in [-0.15, -0.1) is 11.3 Å². The molecule has 3 rings (SSSR count). The summed E-state index contributed by atoms with van der Waals surface area (Å²) < 4.78 is 18.9. The Kier molecular flexibility index (Phi) is 4.85. The third-order valence-corrected chi connectivity index (χ3v) is 4.67. The fourth-order valence-corrected chi connectivity index (χ4v) is 3.43. The number of halogens is 1. The summed E-state index contributed by atoms with van der Waals surface area (Å²) in [5, 5.41) is 5.01. The fraction of sp³-hybridized carbons (Fsp3) is 0.353. The number of carbonyl (C=O) groups is 1. The monoisotopic (exact) mass is 319 g/mol. The Balaban J connectivity index is 1.73. The molecule has 0 unspecified atom stereocenters. The standard InChI is InChI=1S/C17H18FNO2S/c18-13-7-5-12(6-8-13)17(15-4-1-9-21-15)19-16(20)11-14-3-2-10-22-14/h2-3,5-8,10,15,17H,1,4,9,11H2,(H,19,20)/t15-,17-/m0/s1. The van der Waals surface area contributed by atoms with Crippen molar-refractivity contribution in [3.63, 3.8) is 0 Å². The molecule has 3 nitrogen and oxygen atoms in total. The molecule has 1 aromatic heterocycles. The van der Waals surface area contributed by atoms with Crippen molar-refractivity contribution in [2.75, 3.05) is 6.61 Å². The topological polar surface area (TPSA) is 38.3 Å². The van der Waals surface area contributed by atoms with Gasteiger partial charge in [0.05, 0.1) is 18.6 Å². The van der Waals surface area contributed by atoms with E-state index in [0.717, 1.165) is 23.3 Å². The van der Waals surface area contributed by atoms with Gasteiger partial charge in [-0.25, -0.2) is 4.39 Å². The lowest BCUT2D eigenvalue weighted by Gasteiger charge is -2.24. The van der Waals surface area contributed by atoms with E-state index in [-0.39, 0.29) is 23.9 Å². The third-order valence-electron chi connectivity index (χ3n) is 3.80. The molecule has 0 spiro atoms. The van der Waals surface area contributed by atoms with Crippen LogP contribution in [0.25, 0.3) is 0 Å². The highest BCUT2D eigenvalue weighted by molar-refractivity contribution is 7.10. The van der Waals surface area contributed by atoms with E-state index < -0.39 is 0 Å². The van der Waals surface area contributed by atoms with Crippen molar-refractivity contribution in [3.05, 3.63) is 58.0 Å². The maximum Gasteiger partial charge on any atom is 0.225 e. The average molecular weight is 319 g/mol. The van der Waals surface area contributed by atoms with Crippen LogP contribution in [0.1, 0.15) is 29.3 Å². The van der Waals surface area contributed by atoms with Crippen LogP contribution in [0.5, 0.6) is 0 Å². The van der Waals surface area contributed by atoms with Gasteiger partial charge in [-0.05, 0) is 42.0 Å². The number of carbonyl (C=O) groups excluding carboxylic acids is 1. The summed E-state index contributed by atoms with van der Waals surface area (Å²) in [5.41, 5.74) is 0.882. The molecule has 0 saturated carbocycles. The number of nitrogens with one attached hydrogen (secondary N) is 1. The van der Waals surface area contributed by atoms with Gasteiger partial charge in [0.2, 0.25) is 5.91 Å². The van der Waals surface area contributed by atoms with Crippen LogP contribution in [0.4, 0.5) is 4.39 Å². The van der Waals surface area contributed by atoms with Crippen molar-refractivity contribution in [1.29, 1.82) is 0 Å². The second kappa shape index (κ2) is 7.03. The van der Waals surface area contributed by atoms with Gasteiger partial charge in [-0.2, -0.15) is 0 Å². The lowest BCUT2D eigenvalue weighted by molar-refractivity contribution is -0.122. The molecule has 1 aliphatic heterocycles. The maximum atomic E-state index is 13.1. The van der Waals surface area contributed by atoms with Crippen molar-refractivity contribution in [3.8, 4) is 0 Å². The molecule has 2 heterocycles. The Morgan fingerprint density at radius 3 is 2.82 bits per heavy atom. The molecule has 1 N–H and O–H groups in total. The molecule has 0 radical (unpaired) electrons. The van der Waals surface area contributed by atoms with Gasteiger partial charge in [0, 0.05) is 11.5 Å². The van der Waals surface area contributed by atoms with Crippen LogP contribution in [0, 0.1) is 5.82 Å². The van der Waals surface area contributed by atoms with Crippen LogP contribution < -0.4 is 5.32 Å². The predicted molar refractivity (Wildman–Crippen MR) is 84.3 cm³/mol. The van der Waals surface area contributed by atoms with Gasteiger partial charge in [0.15, 0.2) is 0 Å². The first-order valence-corrected chi connectivity index (χ1v) is 8.29.